The lowest BCUT2D eigenvalue weighted by molar-refractivity contribution is -0.147. The molecular formula is C16H20N2O3S. The van der Waals surface area contributed by atoms with Gasteiger partial charge in [0.1, 0.15) is 5.41 Å². The van der Waals surface area contributed by atoms with Crippen molar-refractivity contribution in [2.45, 2.75) is 47.5 Å². The summed E-state index contributed by atoms with van der Waals surface area (Å²) in [5.74, 6) is -1.31. The Hall–Kier alpha value is -1.56. The first-order chi connectivity index (χ1) is 10.1. The van der Waals surface area contributed by atoms with Gasteiger partial charge in [0.2, 0.25) is 17.5 Å². The molecular weight excluding hydrogens is 300 g/mol. The third kappa shape index (κ3) is 1.49. The van der Waals surface area contributed by atoms with Crippen LogP contribution in [0, 0.1) is 30.1 Å². The molecule has 0 spiro atoms. The molecule has 2 atom stereocenters. The van der Waals surface area contributed by atoms with Gasteiger partial charge < -0.3 is 5.32 Å². The number of nitrogens with one attached hydrogen (secondary N) is 1. The van der Waals surface area contributed by atoms with Crippen molar-refractivity contribution in [2.24, 2.45) is 16.2 Å². The van der Waals surface area contributed by atoms with Crippen LogP contribution in [0.2, 0.25) is 0 Å². The average molecular weight is 320 g/mol. The van der Waals surface area contributed by atoms with E-state index in [1.165, 1.54) is 11.3 Å². The summed E-state index contributed by atoms with van der Waals surface area (Å²) in [5, 5.41) is 3.27. The molecule has 0 aromatic carbocycles. The van der Waals surface area contributed by atoms with Crippen molar-refractivity contribution in [3.63, 3.8) is 0 Å². The smallest absolute Gasteiger partial charge is 0.240 e. The van der Waals surface area contributed by atoms with Crippen LogP contribution in [-0.4, -0.2) is 22.5 Å². The average Bonchev–Trinajstić information content (AvgIpc) is 2.88. The number of ketones is 2. The van der Waals surface area contributed by atoms with Crippen LogP contribution in [0.1, 0.15) is 44.2 Å². The number of carbonyl (C=O) groups excluding carboxylic acids is 3. The van der Waals surface area contributed by atoms with Crippen LogP contribution in [0.25, 0.3) is 0 Å². The van der Waals surface area contributed by atoms with E-state index in [0.29, 0.717) is 18.0 Å². The maximum atomic E-state index is 12.9. The molecule has 2 bridgehead atoms. The van der Waals surface area contributed by atoms with Crippen LogP contribution in [0.15, 0.2) is 0 Å². The van der Waals surface area contributed by atoms with Gasteiger partial charge in [0.05, 0.1) is 5.69 Å². The molecule has 1 N–H and O–H groups in total. The first-order valence-electron chi connectivity index (χ1n) is 7.42. The molecule has 3 rings (SSSR count). The van der Waals surface area contributed by atoms with Crippen LogP contribution in [0.3, 0.4) is 0 Å². The van der Waals surface area contributed by atoms with Crippen molar-refractivity contribution >= 4 is 33.9 Å². The minimum Gasteiger partial charge on any atom is -0.301 e. The quantitative estimate of drug-likeness (QED) is 0.671. The lowest BCUT2D eigenvalue weighted by Gasteiger charge is -2.36. The van der Waals surface area contributed by atoms with Gasteiger partial charge in [-0.15, -0.1) is 11.3 Å². The van der Waals surface area contributed by atoms with Crippen molar-refractivity contribution in [3.8, 4) is 0 Å². The fraction of sp³-hybridized carbons (Fsp3) is 0.625. The first-order valence-corrected chi connectivity index (χ1v) is 8.24. The maximum absolute atomic E-state index is 12.9. The molecule has 1 aromatic rings. The normalized spacial score (nSPS) is 32.6. The fourth-order valence-electron chi connectivity index (χ4n) is 4.00. The molecule has 1 aromatic heterocycles. The van der Waals surface area contributed by atoms with Gasteiger partial charge in [-0.1, -0.05) is 20.8 Å². The van der Waals surface area contributed by atoms with Crippen LogP contribution in [-0.2, 0) is 14.4 Å². The summed E-state index contributed by atoms with van der Waals surface area (Å²) in [7, 11) is 0. The Kier molecular flexibility index (Phi) is 2.96. The predicted molar refractivity (Wildman–Crippen MR) is 83.8 cm³/mol. The number of thiazole rings is 1. The number of fused-ring (bicyclic) bond motifs is 2. The van der Waals surface area contributed by atoms with E-state index >= 15 is 0 Å². The Labute approximate surface area is 133 Å². The Balaban J connectivity index is 2.01. The van der Waals surface area contributed by atoms with Crippen molar-refractivity contribution in [1.29, 1.82) is 0 Å². The predicted octanol–water partition coefficient (Wildman–Crippen LogP) is 2.66. The van der Waals surface area contributed by atoms with E-state index in [4.69, 9.17) is 0 Å². The van der Waals surface area contributed by atoms with E-state index in [9.17, 15) is 14.4 Å². The molecule has 0 saturated heterocycles. The monoisotopic (exact) mass is 320 g/mol. The van der Waals surface area contributed by atoms with Gasteiger partial charge in [0.25, 0.3) is 0 Å². The van der Waals surface area contributed by atoms with E-state index in [0.717, 1.165) is 10.6 Å². The topological polar surface area (TPSA) is 76.1 Å². The molecule has 22 heavy (non-hydrogen) atoms. The minimum absolute atomic E-state index is 0.383. The molecule has 2 fully saturated rings. The molecule has 2 unspecified atom stereocenters. The van der Waals surface area contributed by atoms with E-state index in [1.807, 2.05) is 34.6 Å². The molecule has 5 nitrogen and oxygen atoms in total. The summed E-state index contributed by atoms with van der Waals surface area (Å²) >= 11 is 1.39. The van der Waals surface area contributed by atoms with E-state index in [2.05, 4.69) is 10.3 Å². The zero-order valence-corrected chi connectivity index (χ0v) is 14.3. The van der Waals surface area contributed by atoms with Gasteiger partial charge >= 0.3 is 0 Å². The number of rotatable bonds is 2. The van der Waals surface area contributed by atoms with E-state index in [1.54, 1.807) is 0 Å². The summed E-state index contributed by atoms with van der Waals surface area (Å²) in [6, 6.07) is 0. The molecule has 6 heteroatoms. The van der Waals surface area contributed by atoms with E-state index < -0.39 is 27.8 Å². The first kappa shape index (κ1) is 15.3. The summed E-state index contributed by atoms with van der Waals surface area (Å²) < 4.78 is 0. The van der Waals surface area contributed by atoms with Crippen molar-refractivity contribution in [2.75, 3.05) is 5.32 Å². The zero-order chi connectivity index (χ0) is 16.5. The molecule has 0 aliphatic heterocycles. The van der Waals surface area contributed by atoms with Crippen molar-refractivity contribution in [3.05, 3.63) is 10.6 Å². The Morgan fingerprint density at radius 3 is 2.23 bits per heavy atom. The lowest BCUT2D eigenvalue weighted by atomic mass is 9.64. The van der Waals surface area contributed by atoms with Crippen LogP contribution in [0.4, 0.5) is 5.13 Å². The molecule has 2 saturated carbocycles. The van der Waals surface area contributed by atoms with Crippen molar-refractivity contribution < 1.29 is 14.4 Å². The second-order valence-electron chi connectivity index (χ2n) is 7.14. The standard InChI is InChI=1S/C16H20N2O3S/c1-8-9(2)22-13(17-8)18-12(21)16-7-6-15(5,14(16,3)4)10(19)11(16)20/h6-7H2,1-5H3,(H,17,18,21). The third-order valence-corrected chi connectivity index (χ3v) is 7.17. The lowest BCUT2D eigenvalue weighted by Crippen LogP contribution is -2.47. The van der Waals surface area contributed by atoms with Gasteiger partial charge in [-0.2, -0.15) is 0 Å². The van der Waals surface area contributed by atoms with Gasteiger partial charge in [-0.25, -0.2) is 4.98 Å². The summed E-state index contributed by atoms with van der Waals surface area (Å²) in [5.41, 5.74) is -1.82. The second kappa shape index (κ2) is 4.25. The summed E-state index contributed by atoms with van der Waals surface area (Å²) in [4.78, 5) is 43.2. The van der Waals surface area contributed by atoms with Gasteiger partial charge in [0.15, 0.2) is 5.13 Å². The number of aromatic nitrogens is 1. The highest BCUT2D eigenvalue weighted by atomic mass is 32.1. The SMILES string of the molecule is Cc1nc(NC(=O)C23CCC(C)(C(=O)C2=O)C3(C)C)sc1C. The van der Waals surface area contributed by atoms with E-state index in [-0.39, 0.29) is 5.91 Å². The molecule has 118 valence electrons. The molecule has 0 radical (unpaired) electrons. The van der Waals surface area contributed by atoms with Gasteiger partial charge in [-0.05, 0) is 32.1 Å². The summed E-state index contributed by atoms with van der Waals surface area (Å²) in [6.45, 7) is 9.34. The van der Waals surface area contributed by atoms with Gasteiger partial charge in [0, 0.05) is 10.3 Å². The number of hydrogen-bond acceptors (Lipinski definition) is 5. The number of aryl methyl sites for hydroxylation is 2. The zero-order valence-electron chi connectivity index (χ0n) is 13.5. The maximum Gasteiger partial charge on any atom is 0.240 e. The number of anilines is 1. The number of carbonyl (C=O) groups is 3. The van der Waals surface area contributed by atoms with Crippen LogP contribution < -0.4 is 5.32 Å². The molecule has 2 aliphatic carbocycles. The minimum atomic E-state index is -1.26. The Bertz CT molecular complexity index is 701. The number of Topliss-reactive ketones (excluding diaryl/α,β-unsaturated/α-hetero) is 2. The third-order valence-electron chi connectivity index (χ3n) is 6.18. The number of amides is 1. The highest BCUT2D eigenvalue weighted by Gasteiger charge is 2.77. The molecule has 1 amide bonds. The highest BCUT2D eigenvalue weighted by Crippen LogP contribution is 2.69. The van der Waals surface area contributed by atoms with Crippen LogP contribution in [0.5, 0.6) is 0 Å². The molecule has 2 aliphatic rings. The summed E-state index contributed by atoms with van der Waals surface area (Å²) in [6.07, 6.45) is 1.00. The molecule has 1 heterocycles. The van der Waals surface area contributed by atoms with Gasteiger partial charge in [-0.3, -0.25) is 14.4 Å². The fourth-order valence-corrected chi connectivity index (χ4v) is 4.81. The number of hydrogen-bond donors (Lipinski definition) is 1. The Morgan fingerprint density at radius 1 is 1.14 bits per heavy atom. The number of nitrogens with zero attached hydrogens (tertiary/aromatic N) is 1. The highest BCUT2D eigenvalue weighted by molar-refractivity contribution is 7.15. The Morgan fingerprint density at radius 2 is 1.77 bits per heavy atom. The van der Waals surface area contributed by atoms with Crippen LogP contribution >= 0.6 is 11.3 Å². The largest absolute Gasteiger partial charge is 0.301 e. The van der Waals surface area contributed by atoms with Crippen molar-refractivity contribution in [1.82, 2.24) is 4.98 Å². The second-order valence-corrected chi connectivity index (χ2v) is 8.34.